The van der Waals surface area contributed by atoms with Gasteiger partial charge in [0.2, 0.25) is 5.91 Å². The number of rotatable bonds is 4. The van der Waals surface area contributed by atoms with E-state index in [9.17, 15) is 4.79 Å². The molecule has 0 aliphatic carbocycles. The molecule has 1 fully saturated rings. The molecule has 0 spiro atoms. The number of hydrogen-bond donors (Lipinski definition) is 0. The first-order valence-corrected chi connectivity index (χ1v) is 7.05. The van der Waals surface area contributed by atoms with Gasteiger partial charge in [0.05, 0.1) is 0 Å². The lowest BCUT2D eigenvalue weighted by atomic mass is 9.98. The van der Waals surface area contributed by atoms with E-state index in [4.69, 9.17) is 0 Å². The predicted molar refractivity (Wildman–Crippen MR) is 74.6 cm³/mol. The van der Waals surface area contributed by atoms with Crippen molar-refractivity contribution in [2.45, 2.75) is 45.4 Å². The van der Waals surface area contributed by atoms with Crippen LogP contribution in [0.1, 0.15) is 49.7 Å². The van der Waals surface area contributed by atoms with Crippen LogP contribution in [0, 0.1) is 6.92 Å². The molecule has 1 aliphatic rings. The summed E-state index contributed by atoms with van der Waals surface area (Å²) in [5.74, 6) is 0.877. The fourth-order valence-corrected chi connectivity index (χ4v) is 2.58. The molecule has 0 bridgehead atoms. The molecule has 0 radical (unpaired) electrons. The number of carbonyl (C=O) groups is 1. The molecule has 2 rings (SSSR count). The van der Waals surface area contributed by atoms with Crippen LogP contribution in [0.5, 0.6) is 0 Å². The van der Waals surface area contributed by atoms with Gasteiger partial charge >= 0.3 is 0 Å². The third-order valence-electron chi connectivity index (χ3n) is 3.83. The van der Waals surface area contributed by atoms with Crippen LogP contribution < -0.4 is 0 Å². The second kappa shape index (κ2) is 6.03. The average molecular weight is 245 g/mol. The monoisotopic (exact) mass is 245 g/mol. The molecule has 1 aromatic rings. The number of benzene rings is 1. The minimum Gasteiger partial charge on any atom is -0.342 e. The van der Waals surface area contributed by atoms with Crippen molar-refractivity contribution >= 4 is 5.91 Å². The Balaban J connectivity index is 1.91. The van der Waals surface area contributed by atoms with Crippen molar-refractivity contribution in [3.63, 3.8) is 0 Å². The molecule has 0 aromatic heterocycles. The standard InChI is InChI=1S/C16H23NO/c1-3-4-5-16(18)17-11-10-15(12-17)14-8-6-13(2)7-9-14/h6-9,15H,3-5,10-12H2,1-2H3. The number of carbonyl (C=O) groups excluding carboxylic acids is 1. The maximum Gasteiger partial charge on any atom is 0.222 e. The molecule has 1 aromatic carbocycles. The van der Waals surface area contributed by atoms with Gasteiger partial charge in [-0.2, -0.15) is 0 Å². The maximum atomic E-state index is 12.0. The summed E-state index contributed by atoms with van der Waals surface area (Å²) < 4.78 is 0. The second-order valence-electron chi connectivity index (χ2n) is 5.34. The zero-order valence-electron chi connectivity index (χ0n) is 11.5. The molecule has 2 heteroatoms. The lowest BCUT2D eigenvalue weighted by Gasteiger charge is -2.16. The van der Waals surface area contributed by atoms with Gasteiger partial charge < -0.3 is 4.90 Å². The second-order valence-corrected chi connectivity index (χ2v) is 5.34. The molecule has 1 unspecified atom stereocenters. The third kappa shape index (κ3) is 3.12. The van der Waals surface area contributed by atoms with Crippen LogP contribution in [0.4, 0.5) is 0 Å². The van der Waals surface area contributed by atoms with Gasteiger partial charge in [0.1, 0.15) is 0 Å². The van der Waals surface area contributed by atoms with Crippen LogP contribution in [-0.2, 0) is 4.79 Å². The molecule has 1 saturated heterocycles. The van der Waals surface area contributed by atoms with Crippen molar-refractivity contribution in [3.8, 4) is 0 Å². The van der Waals surface area contributed by atoms with Crippen LogP contribution in [0.15, 0.2) is 24.3 Å². The summed E-state index contributed by atoms with van der Waals surface area (Å²) in [6, 6.07) is 8.74. The van der Waals surface area contributed by atoms with E-state index in [1.165, 1.54) is 11.1 Å². The van der Waals surface area contributed by atoms with Gasteiger partial charge in [-0.15, -0.1) is 0 Å². The number of nitrogens with zero attached hydrogens (tertiary/aromatic N) is 1. The number of amides is 1. The maximum absolute atomic E-state index is 12.0. The Hall–Kier alpha value is -1.31. The van der Waals surface area contributed by atoms with E-state index in [0.29, 0.717) is 11.8 Å². The van der Waals surface area contributed by atoms with Crippen LogP contribution in [0.3, 0.4) is 0 Å². The Morgan fingerprint density at radius 1 is 1.33 bits per heavy atom. The lowest BCUT2D eigenvalue weighted by Crippen LogP contribution is -2.28. The van der Waals surface area contributed by atoms with Gasteiger partial charge in [-0.3, -0.25) is 4.79 Å². The molecular weight excluding hydrogens is 222 g/mol. The zero-order chi connectivity index (χ0) is 13.0. The van der Waals surface area contributed by atoms with E-state index in [0.717, 1.165) is 38.8 Å². The molecule has 1 atom stereocenters. The Bertz CT molecular complexity index is 396. The summed E-state index contributed by atoms with van der Waals surface area (Å²) in [7, 11) is 0. The highest BCUT2D eigenvalue weighted by Gasteiger charge is 2.26. The molecule has 1 amide bonds. The van der Waals surface area contributed by atoms with E-state index < -0.39 is 0 Å². The largest absolute Gasteiger partial charge is 0.342 e. The fraction of sp³-hybridized carbons (Fsp3) is 0.562. The summed E-state index contributed by atoms with van der Waals surface area (Å²) in [5.41, 5.74) is 2.68. The molecule has 0 saturated carbocycles. The molecule has 1 aliphatic heterocycles. The zero-order valence-corrected chi connectivity index (χ0v) is 11.5. The third-order valence-corrected chi connectivity index (χ3v) is 3.83. The number of likely N-dealkylation sites (tertiary alicyclic amines) is 1. The SMILES string of the molecule is CCCCC(=O)N1CCC(c2ccc(C)cc2)C1. The minimum absolute atomic E-state index is 0.339. The average Bonchev–Trinajstić information content (AvgIpc) is 2.86. The van der Waals surface area contributed by atoms with Crippen LogP contribution in [0.2, 0.25) is 0 Å². The smallest absolute Gasteiger partial charge is 0.222 e. The van der Waals surface area contributed by atoms with Crippen LogP contribution in [-0.4, -0.2) is 23.9 Å². The molecule has 98 valence electrons. The topological polar surface area (TPSA) is 20.3 Å². The lowest BCUT2D eigenvalue weighted by molar-refractivity contribution is -0.130. The Labute approximate surface area is 110 Å². The van der Waals surface area contributed by atoms with Crippen LogP contribution in [0.25, 0.3) is 0 Å². The first-order valence-electron chi connectivity index (χ1n) is 7.05. The van der Waals surface area contributed by atoms with E-state index in [-0.39, 0.29) is 0 Å². The molecule has 0 N–H and O–H groups in total. The highest BCUT2D eigenvalue weighted by Crippen LogP contribution is 2.27. The number of hydrogen-bond acceptors (Lipinski definition) is 1. The Kier molecular flexibility index (Phi) is 4.40. The predicted octanol–water partition coefficient (Wildman–Crippen LogP) is 3.50. The van der Waals surface area contributed by atoms with E-state index >= 15 is 0 Å². The van der Waals surface area contributed by atoms with Crippen molar-refractivity contribution in [2.24, 2.45) is 0 Å². The molecular formula is C16H23NO. The van der Waals surface area contributed by atoms with Gasteiger partial charge in [0.25, 0.3) is 0 Å². The summed E-state index contributed by atoms with van der Waals surface area (Å²) in [4.78, 5) is 14.0. The van der Waals surface area contributed by atoms with Gasteiger partial charge in [-0.05, 0) is 25.3 Å². The summed E-state index contributed by atoms with van der Waals surface area (Å²) in [6.07, 6.45) is 3.95. The van der Waals surface area contributed by atoms with Gasteiger partial charge in [0.15, 0.2) is 0 Å². The highest BCUT2D eigenvalue weighted by atomic mass is 16.2. The molecule has 1 heterocycles. The number of aryl methyl sites for hydroxylation is 1. The summed E-state index contributed by atoms with van der Waals surface area (Å²) >= 11 is 0. The van der Waals surface area contributed by atoms with E-state index in [2.05, 4.69) is 38.1 Å². The van der Waals surface area contributed by atoms with E-state index in [1.54, 1.807) is 0 Å². The van der Waals surface area contributed by atoms with Crippen LogP contribution >= 0.6 is 0 Å². The first kappa shape index (κ1) is 13.1. The van der Waals surface area contributed by atoms with Crippen molar-refractivity contribution in [2.75, 3.05) is 13.1 Å². The van der Waals surface area contributed by atoms with Crippen molar-refractivity contribution in [3.05, 3.63) is 35.4 Å². The molecule has 18 heavy (non-hydrogen) atoms. The quantitative estimate of drug-likeness (QED) is 0.795. The Morgan fingerprint density at radius 3 is 2.72 bits per heavy atom. The normalized spacial score (nSPS) is 19.2. The van der Waals surface area contributed by atoms with Gasteiger partial charge in [-0.1, -0.05) is 43.2 Å². The minimum atomic E-state index is 0.339. The first-order chi connectivity index (χ1) is 8.70. The van der Waals surface area contributed by atoms with Crippen molar-refractivity contribution in [1.82, 2.24) is 4.90 Å². The van der Waals surface area contributed by atoms with Gasteiger partial charge in [-0.25, -0.2) is 0 Å². The van der Waals surface area contributed by atoms with E-state index in [1.807, 2.05) is 4.90 Å². The highest BCUT2D eigenvalue weighted by molar-refractivity contribution is 5.76. The number of unbranched alkanes of at least 4 members (excludes halogenated alkanes) is 1. The van der Waals surface area contributed by atoms with Crippen molar-refractivity contribution < 1.29 is 4.79 Å². The van der Waals surface area contributed by atoms with Crippen molar-refractivity contribution in [1.29, 1.82) is 0 Å². The Morgan fingerprint density at radius 2 is 2.06 bits per heavy atom. The summed E-state index contributed by atoms with van der Waals surface area (Å²) in [5, 5.41) is 0. The summed E-state index contributed by atoms with van der Waals surface area (Å²) in [6.45, 7) is 6.08. The fourth-order valence-electron chi connectivity index (χ4n) is 2.58. The molecule has 2 nitrogen and oxygen atoms in total. The van der Waals surface area contributed by atoms with Gasteiger partial charge in [0, 0.05) is 25.4 Å².